The van der Waals surface area contributed by atoms with Gasteiger partial charge in [-0.2, -0.15) is 5.10 Å². The molecule has 0 saturated carbocycles. The van der Waals surface area contributed by atoms with Crippen LogP contribution in [-0.2, 0) is 11.3 Å². The van der Waals surface area contributed by atoms with Crippen molar-refractivity contribution >= 4 is 6.09 Å². The predicted molar refractivity (Wildman–Crippen MR) is 101 cm³/mol. The van der Waals surface area contributed by atoms with Gasteiger partial charge in [0.05, 0.1) is 13.1 Å². The van der Waals surface area contributed by atoms with E-state index in [9.17, 15) is 4.79 Å². The fourth-order valence-corrected chi connectivity index (χ4v) is 4.16. The van der Waals surface area contributed by atoms with Crippen LogP contribution in [-0.4, -0.2) is 57.4 Å². The van der Waals surface area contributed by atoms with E-state index in [2.05, 4.69) is 28.9 Å². The lowest BCUT2D eigenvalue weighted by molar-refractivity contribution is -0.00265. The standard InChI is InChI=1S/C20H28N4O3/c1-3-4-15(2)24-14-20(27-19(24)25)8-11-23(12-9-20)13-16-5-6-18(26-16)17-7-10-21-22-17/h5-7,10,15H,3-4,8-9,11-14H2,1-2H3,(H,21,22). The van der Waals surface area contributed by atoms with Crippen molar-refractivity contribution < 1.29 is 13.9 Å². The van der Waals surface area contributed by atoms with Gasteiger partial charge in [-0.15, -0.1) is 0 Å². The van der Waals surface area contributed by atoms with Crippen LogP contribution in [0.2, 0.25) is 0 Å². The Morgan fingerprint density at radius 1 is 1.30 bits per heavy atom. The van der Waals surface area contributed by atoms with Crippen LogP contribution in [0.5, 0.6) is 0 Å². The van der Waals surface area contributed by atoms with Crippen molar-refractivity contribution in [1.29, 1.82) is 0 Å². The zero-order chi connectivity index (χ0) is 18.9. The summed E-state index contributed by atoms with van der Waals surface area (Å²) in [5, 5.41) is 6.88. The van der Waals surface area contributed by atoms with Crippen LogP contribution in [0.4, 0.5) is 4.79 Å². The number of piperidine rings is 1. The average molecular weight is 372 g/mol. The van der Waals surface area contributed by atoms with Crippen LogP contribution in [0.1, 0.15) is 45.3 Å². The smallest absolute Gasteiger partial charge is 0.410 e. The molecule has 4 heterocycles. The number of hydrogen-bond acceptors (Lipinski definition) is 5. The molecule has 1 atom stereocenters. The third-order valence-electron chi connectivity index (χ3n) is 5.81. The van der Waals surface area contributed by atoms with Crippen molar-refractivity contribution in [3.8, 4) is 11.5 Å². The fourth-order valence-electron chi connectivity index (χ4n) is 4.16. The highest BCUT2D eigenvalue weighted by Gasteiger charge is 2.48. The van der Waals surface area contributed by atoms with E-state index < -0.39 is 0 Å². The van der Waals surface area contributed by atoms with Crippen LogP contribution >= 0.6 is 0 Å². The molecule has 2 aliphatic heterocycles. The van der Waals surface area contributed by atoms with Crippen molar-refractivity contribution in [1.82, 2.24) is 20.0 Å². The van der Waals surface area contributed by atoms with E-state index >= 15 is 0 Å². The van der Waals surface area contributed by atoms with E-state index in [1.807, 2.05) is 23.1 Å². The highest BCUT2D eigenvalue weighted by atomic mass is 16.6. The maximum atomic E-state index is 12.3. The molecular formula is C20H28N4O3. The SMILES string of the molecule is CCCC(C)N1CC2(CCN(Cc3ccc(-c4ccn[nH]4)o3)CC2)OC1=O. The lowest BCUT2D eigenvalue weighted by Gasteiger charge is -2.37. The van der Waals surface area contributed by atoms with E-state index in [1.54, 1.807) is 6.20 Å². The molecule has 2 saturated heterocycles. The summed E-state index contributed by atoms with van der Waals surface area (Å²) in [4.78, 5) is 16.6. The highest BCUT2D eigenvalue weighted by molar-refractivity contribution is 5.71. The molecule has 146 valence electrons. The number of nitrogens with zero attached hydrogens (tertiary/aromatic N) is 3. The Morgan fingerprint density at radius 2 is 2.11 bits per heavy atom. The van der Waals surface area contributed by atoms with E-state index in [0.717, 1.165) is 69.1 Å². The van der Waals surface area contributed by atoms with Crippen molar-refractivity contribution in [2.24, 2.45) is 0 Å². The molecule has 1 N–H and O–H groups in total. The first-order chi connectivity index (χ1) is 13.1. The van der Waals surface area contributed by atoms with Crippen LogP contribution < -0.4 is 0 Å². The van der Waals surface area contributed by atoms with Gasteiger partial charge in [0, 0.05) is 38.2 Å². The minimum Gasteiger partial charge on any atom is -0.458 e. The molecule has 1 amide bonds. The number of rotatable bonds is 6. The van der Waals surface area contributed by atoms with Crippen molar-refractivity contribution in [2.75, 3.05) is 19.6 Å². The summed E-state index contributed by atoms with van der Waals surface area (Å²) in [7, 11) is 0. The molecule has 4 rings (SSSR count). The van der Waals surface area contributed by atoms with Gasteiger partial charge in [-0.1, -0.05) is 13.3 Å². The number of likely N-dealkylation sites (tertiary alicyclic amines) is 1. The average Bonchev–Trinajstić information content (AvgIpc) is 3.38. The van der Waals surface area contributed by atoms with Crippen molar-refractivity contribution in [2.45, 2.75) is 57.7 Å². The third kappa shape index (κ3) is 3.74. The minimum atomic E-state index is -0.306. The van der Waals surface area contributed by atoms with Gasteiger partial charge in [0.15, 0.2) is 5.76 Å². The fraction of sp³-hybridized carbons (Fsp3) is 0.600. The third-order valence-corrected chi connectivity index (χ3v) is 5.81. The second-order valence-corrected chi connectivity index (χ2v) is 7.83. The number of ether oxygens (including phenoxy) is 1. The van der Waals surface area contributed by atoms with Crippen molar-refractivity contribution in [3.63, 3.8) is 0 Å². The Morgan fingerprint density at radius 3 is 2.81 bits per heavy atom. The summed E-state index contributed by atoms with van der Waals surface area (Å²) in [6.07, 6.45) is 5.43. The molecule has 2 aliphatic rings. The Kier molecular flexibility index (Phi) is 4.95. The summed E-state index contributed by atoms with van der Waals surface area (Å²) in [5.41, 5.74) is 0.581. The molecule has 0 aliphatic carbocycles. The van der Waals surface area contributed by atoms with Gasteiger partial charge in [0.1, 0.15) is 17.1 Å². The summed E-state index contributed by atoms with van der Waals surface area (Å²) >= 11 is 0. The molecule has 0 bridgehead atoms. The topological polar surface area (TPSA) is 74.6 Å². The molecule has 2 aromatic heterocycles. The van der Waals surface area contributed by atoms with Crippen LogP contribution in [0.15, 0.2) is 28.8 Å². The Labute approximate surface area is 159 Å². The van der Waals surface area contributed by atoms with Crippen molar-refractivity contribution in [3.05, 3.63) is 30.2 Å². The molecule has 1 spiro atoms. The number of aromatic nitrogens is 2. The number of furan rings is 1. The van der Waals surface area contributed by atoms with E-state index in [1.165, 1.54) is 0 Å². The summed E-state index contributed by atoms with van der Waals surface area (Å²) < 4.78 is 11.8. The monoisotopic (exact) mass is 372 g/mol. The first-order valence-electron chi connectivity index (χ1n) is 9.89. The molecule has 7 nitrogen and oxygen atoms in total. The molecule has 27 heavy (non-hydrogen) atoms. The molecular weight excluding hydrogens is 344 g/mol. The van der Waals surface area contributed by atoms with E-state index in [4.69, 9.17) is 9.15 Å². The zero-order valence-corrected chi connectivity index (χ0v) is 16.1. The number of H-pyrrole nitrogens is 1. The zero-order valence-electron chi connectivity index (χ0n) is 16.1. The molecule has 2 fully saturated rings. The first kappa shape index (κ1) is 18.1. The highest BCUT2D eigenvalue weighted by Crippen LogP contribution is 2.35. The summed E-state index contributed by atoms with van der Waals surface area (Å²) in [5.74, 6) is 1.75. The molecule has 0 aromatic carbocycles. The van der Waals surface area contributed by atoms with Crippen LogP contribution in [0, 0.1) is 0 Å². The first-order valence-corrected chi connectivity index (χ1v) is 9.89. The van der Waals surface area contributed by atoms with Crippen LogP contribution in [0.25, 0.3) is 11.5 Å². The maximum absolute atomic E-state index is 12.3. The summed E-state index contributed by atoms with van der Waals surface area (Å²) in [6.45, 7) is 7.58. The lowest BCUT2D eigenvalue weighted by atomic mass is 9.91. The van der Waals surface area contributed by atoms with Gasteiger partial charge in [-0.25, -0.2) is 4.79 Å². The summed E-state index contributed by atoms with van der Waals surface area (Å²) in [6, 6.07) is 6.14. The molecule has 7 heteroatoms. The van der Waals surface area contributed by atoms with Gasteiger partial charge in [0.2, 0.25) is 0 Å². The Balaban J connectivity index is 1.32. The van der Waals surface area contributed by atoms with Gasteiger partial charge in [0.25, 0.3) is 0 Å². The largest absolute Gasteiger partial charge is 0.458 e. The second kappa shape index (κ2) is 7.38. The lowest BCUT2D eigenvalue weighted by Crippen LogP contribution is -2.47. The number of hydrogen-bond donors (Lipinski definition) is 1. The normalized spacial score (nSPS) is 21.0. The van der Waals surface area contributed by atoms with Gasteiger partial charge in [-0.05, 0) is 31.5 Å². The van der Waals surface area contributed by atoms with Crippen LogP contribution in [0.3, 0.4) is 0 Å². The number of aromatic amines is 1. The van der Waals surface area contributed by atoms with Gasteiger partial charge >= 0.3 is 6.09 Å². The van der Waals surface area contributed by atoms with Gasteiger partial charge in [-0.3, -0.25) is 10.00 Å². The Hall–Kier alpha value is -2.28. The number of amides is 1. The molecule has 2 aromatic rings. The predicted octanol–water partition coefficient (Wildman–Crippen LogP) is 3.65. The van der Waals surface area contributed by atoms with Gasteiger partial charge < -0.3 is 14.1 Å². The minimum absolute atomic E-state index is 0.139. The molecule has 0 radical (unpaired) electrons. The second-order valence-electron chi connectivity index (χ2n) is 7.83. The van der Waals surface area contributed by atoms with E-state index in [0.29, 0.717) is 0 Å². The van der Waals surface area contributed by atoms with E-state index in [-0.39, 0.29) is 17.7 Å². The molecule has 1 unspecified atom stereocenters. The maximum Gasteiger partial charge on any atom is 0.410 e. The quantitative estimate of drug-likeness (QED) is 0.838. The Bertz CT molecular complexity index is 762. The number of nitrogens with one attached hydrogen (secondary N) is 1. The number of carbonyl (C=O) groups is 1. The number of carbonyl (C=O) groups excluding carboxylic acids is 1.